The van der Waals surface area contributed by atoms with Crippen LogP contribution < -0.4 is 10.0 Å². The molecule has 2 N–H and O–H groups in total. The Kier molecular flexibility index (Phi) is 6.43. The summed E-state index contributed by atoms with van der Waals surface area (Å²) >= 11 is 1.49. The summed E-state index contributed by atoms with van der Waals surface area (Å²) in [5.41, 5.74) is 0.0811. The molecule has 1 aromatic rings. The Morgan fingerprint density at radius 3 is 2.62 bits per heavy atom. The second kappa shape index (κ2) is 7.62. The van der Waals surface area contributed by atoms with Crippen LogP contribution in [0.2, 0.25) is 0 Å². The number of nitrogens with one attached hydrogen (secondary N) is 2. The Hall–Kier alpha value is -1.32. The van der Waals surface area contributed by atoms with Crippen LogP contribution in [0.3, 0.4) is 0 Å². The van der Waals surface area contributed by atoms with Gasteiger partial charge >= 0.3 is 0 Å². The van der Waals surface area contributed by atoms with Gasteiger partial charge in [0.05, 0.1) is 4.92 Å². The minimum Gasteiger partial charge on any atom is -0.385 e. The number of hydrogen-bond acceptors (Lipinski definition) is 6. The van der Waals surface area contributed by atoms with Crippen molar-refractivity contribution in [3.8, 4) is 0 Å². The molecule has 0 radical (unpaired) electrons. The largest absolute Gasteiger partial charge is 0.385 e. The molecule has 9 heteroatoms. The molecule has 0 aromatic heterocycles. The average molecular weight is 333 g/mol. The van der Waals surface area contributed by atoms with E-state index in [9.17, 15) is 18.5 Å². The van der Waals surface area contributed by atoms with Crippen molar-refractivity contribution < 1.29 is 13.3 Å². The first-order valence-electron chi connectivity index (χ1n) is 6.35. The van der Waals surface area contributed by atoms with E-state index in [0.29, 0.717) is 18.0 Å². The van der Waals surface area contributed by atoms with E-state index in [0.717, 1.165) is 0 Å². The Morgan fingerprint density at radius 1 is 1.43 bits per heavy atom. The monoisotopic (exact) mass is 333 g/mol. The SMILES string of the molecule is CCNc1ccc(S(=O)(=O)NC(C)CSC)c([N+](=O)[O-])c1. The molecular weight excluding hydrogens is 314 g/mol. The van der Waals surface area contributed by atoms with Crippen molar-refractivity contribution in [2.45, 2.75) is 24.8 Å². The number of anilines is 1. The number of rotatable bonds is 8. The highest BCUT2D eigenvalue weighted by atomic mass is 32.2. The molecule has 0 aliphatic heterocycles. The maximum atomic E-state index is 12.3. The predicted molar refractivity (Wildman–Crippen MR) is 85.4 cm³/mol. The molecule has 21 heavy (non-hydrogen) atoms. The highest BCUT2D eigenvalue weighted by Gasteiger charge is 2.27. The van der Waals surface area contributed by atoms with Crippen LogP contribution in [-0.4, -0.2) is 37.9 Å². The van der Waals surface area contributed by atoms with Crippen molar-refractivity contribution in [2.24, 2.45) is 0 Å². The Labute approximate surface area is 128 Å². The van der Waals surface area contributed by atoms with Crippen molar-refractivity contribution in [3.05, 3.63) is 28.3 Å². The molecule has 0 heterocycles. The average Bonchev–Trinajstić information content (AvgIpc) is 2.38. The lowest BCUT2D eigenvalue weighted by atomic mass is 10.3. The van der Waals surface area contributed by atoms with Crippen LogP contribution in [0, 0.1) is 10.1 Å². The van der Waals surface area contributed by atoms with Gasteiger partial charge in [0.1, 0.15) is 0 Å². The second-order valence-corrected chi connectivity index (χ2v) is 7.04. The first kappa shape index (κ1) is 17.7. The van der Waals surface area contributed by atoms with Crippen LogP contribution in [0.4, 0.5) is 11.4 Å². The Balaban J connectivity index is 3.19. The Morgan fingerprint density at radius 2 is 2.10 bits per heavy atom. The van der Waals surface area contributed by atoms with E-state index in [2.05, 4.69) is 10.0 Å². The Bertz CT molecular complexity index is 605. The van der Waals surface area contributed by atoms with E-state index in [1.54, 1.807) is 6.92 Å². The van der Waals surface area contributed by atoms with Gasteiger partial charge in [-0.3, -0.25) is 10.1 Å². The summed E-state index contributed by atoms with van der Waals surface area (Å²) in [6.45, 7) is 4.15. The van der Waals surface area contributed by atoms with Gasteiger partial charge in [-0.05, 0) is 32.2 Å². The number of hydrogen-bond donors (Lipinski definition) is 2. The lowest BCUT2D eigenvalue weighted by Gasteiger charge is -2.13. The van der Waals surface area contributed by atoms with Crippen molar-refractivity contribution in [1.82, 2.24) is 4.72 Å². The van der Waals surface area contributed by atoms with Crippen molar-refractivity contribution in [2.75, 3.05) is 23.9 Å². The second-order valence-electron chi connectivity index (χ2n) is 4.45. The maximum Gasteiger partial charge on any atom is 0.291 e. The third-order valence-corrected chi connectivity index (χ3v) is 5.07. The molecule has 0 saturated heterocycles. The first-order valence-corrected chi connectivity index (χ1v) is 9.23. The minimum absolute atomic E-state index is 0.307. The van der Waals surface area contributed by atoms with Crippen LogP contribution in [0.25, 0.3) is 0 Å². The predicted octanol–water partition coefficient (Wildman–Crippen LogP) is 2.06. The number of thioether (sulfide) groups is 1. The fraction of sp³-hybridized carbons (Fsp3) is 0.500. The summed E-state index contributed by atoms with van der Waals surface area (Å²) in [5.74, 6) is 0.586. The maximum absolute atomic E-state index is 12.3. The van der Waals surface area contributed by atoms with E-state index >= 15 is 0 Å². The van der Waals surface area contributed by atoms with Gasteiger partial charge in [0, 0.05) is 30.1 Å². The molecule has 118 valence electrons. The standard InChI is InChI=1S/C12H19N3O4S2/c1-4-13-10-5-6-12(11(7-10)15(16)17)21(18,19)14-9(2)8-20-3/h5-7,9,13-14H,4,8H2,1-3H3. The smallest absolute Gasteiger partial charge is 0.291 e. The molecule has 7 nitrogen and oxygen atoms in total. The first-order chi connectivity index (χ1) is 9.81. The topological polar surface area (TPSA) is 101 Å². The summed E-state index contributed by atoms with van der Waals surface area (Å²) in [4.78, 5) is 10.1. The fourth-order valence-corrected chi connectivity index (χ4v) is 3.90. The van der Waals surface area contributed by atoms with E-state index in [4.69, 9.17) is 0 Å². The zero-order chi connectivity index (χ0) is 16.0. The molecule has 0 fully saturated rings. The summed E-state index contributed by atoms with van der Waals surface area (Å²) in [7, 11) is -3.92. The number of nitro groups is 1. The van der Waals surface area contributed by atoms with E-state index < -0.39 is 20.6 Å². The van der Waals surface area contributed by atoms with Crippen molar-refractivity contribution in [3.63, 3.8) is 0 Å². The highest BCUT2D eigenvalue weighted by molar-refractivity contribution is 7.98. The molecule has 0 bridgehead atoms. The van der Waals surface area contributed by atoms with Gasteiger partial charge in [0.15, 0.2) is 4.90 Å². The number of benzene rings is 1. The number of nitro benzene ring substituents is 1. The summed E-state index contributed by atoms with van der Waals surface area (Å²) in [5, 5.41) is 14.0. The van der Waals surface area contributed by atoms with Crippen LogP contribution in [-0.2, 0) is 10.0 Å². The molecule has 0 amide bonds. The minimum atomic E-state index is -3.92. The molecule has 0 aliphatic rings. The van der Waals surface area contributed by atoms with Crippen LogP contribution in [0.1, 0.15) is 13.8 Å². The van der Waals surface area contributed by atoms with Crippen molar-refractivity contribution >= 4 is 33.2 Å². The molecule has 1 rings (SSSR count). The van der Waals surface area contributed by atoms with Gasteiger partial charge in [-0.1, -0.05) is 0 Å². The third kappa shape index (κ3) is 4.87. The van der Waals surface area contributed by atoms with Gasteiger partial charge < -0.3 is 5.32 Å². The molecule has 1 atom stereocenters. The molecule has 1 aromatic carbocycles. The van der Waals surface area contributed by atoms with Crippen LogP contribution >= 0.6 is 11.8 Å². The van der Waals surface area contributed by atoms with Crippen LogP contribution in [0.5, 0.6) is 0 Å². The van der Waals surface area contributed by atoms with Gasteiger partial charge in [0.2, 0.25) is 10.0 Å². The summed E-state index contributed by atoms with van der Waals surface area (Å²) in [6, 6.07) is 3.70. The van der Waals surface area contributed by atoms with Crippen LogP contribution in [0.15, 0.2) is 23.1 Å². The van der Waals surface area contributed by atoms with E-state index in [-0.39, 0.29) is 10.9 Å². The molecular formula is C12H19N3O4S2. The van der Waals surface area contributed by atoms with E-state index in [1.165, 1.54) is 30.0 Å². The molecule has 1 unspecified atom stereocenters. The summed E-state index contributed by atoms with van der Waals surface area (Å²) in [6.07, 6.45) is 1.86. The third-order valence-electron chi connectivity index (χ3n) is 2.60. The van der Waals surface area contributed by atoms with Gasteiger partial charge in [-0.25, -0.2) is 13.1 Å². The lowest BCUT2D eigenvalue weighted by molar-refractivity contribution is -0.387. The normalized spacial score (nSPS) is 12.9. The van der Waals surface area contributed by atoms with E-state index in [1.807, 2.05) is 13.2 Å². The van der Waals surface area contributed by atoms with Gasteiger partial charge in [-0.2, -0.15) is 11.8 Å². The molecule has 0 spiro atoms. The zero-order valence-electron chi connectivity index (χ0n) is 12.1. The number of sulfonamides is 1. The van der Waals surface area contributed by atoms with Gasteiger partial charge in [-0.15, -0.1) is 0 Å². The lowest BCUT2D eigenvalue weighted by Crippen LogP contribution is -2.34. The van der Waals surface area contributed by atoms with Crippen molar-refractivity contribution in [1.29, 1.82) is 0 Å². The summed E-state index contributed by atoms with van der Waals surface area (Å²) < 4.78 is 27.0. The zero-order valence-corrected chi connectivity index (χ0v) is 13.8. The molecule has 0 saturated carbocycles. The van der Waals surface area contributed by atoms with Gasteiger partial charge in [0.25, 0.3) is 5.69 Å². The molecule has 0 aliphatic carbocycles. The quantitative estimate of drug-likeness (QED) is 0.558. The number of nitrogens with zero attached hydrogens (tertiary/aromatic N) is 1. The fourth-order valence-electron chi connectivity index (χ4n) is 1.81. The highest BCUT2D eigenvalue weighted by Crippen LogP contribution is 2.27.